The lowest BCUT2D eigenvalue weighted by molar-refractivity contribution is 0.311. The number of benzene rings is 1. The summed E-state index contributed by atoms with van der Waals surface area (Å²) in [6, 6.07) is 10.4. The van der Waals surface area contributed by atoms with Crippen molar-refractivity contribution >= 4 is 36.1 Å². The predicted octanol–water partition coefficient (Wildman–Crippen LogP) is 3.26. The van der Waals surface area contributed by atoms with Crippen LogP contribution in [0.4, 0.5) is 11.9 Å². The van der Waals surface area contributed by atoms with Crippen molar-refractivity contribution in [3.63, 3.8) is 0 Å². The highest BCUT2D eigenvalue weighted by Gasteiger charge is 2.21. The molecular formula is C18H27ClN6S. The molecule has 1 aromatic carbocycles. The molecule has 3 rings (SSSR count). The van der Waals surface area contributed by atoms with Gasteiger partial charge in [0.2, 0.25) is 11.9 Å². The lowest BCUT2D eigenvalue weighted by atomic mass is 10.2. The van der Waals surface area contributed by atoms with Gasteiger partial charge in [0, 0.05) is 31.1 Å². The van der Waals surface area contributed by atoms with E-state index in [9.17, 15) is 0 Å². The van der Waals surface area contributed by atoms with Crippen molar-refractivity contribution in [3.05, 3.63) is 36.2 Å². The molecule has 0 saturated carbocycles. The zero-order valence-corrected chi connectivity index (χ0v) is 17.0. The van der Waals surface area contributed by atoms with E-state index in [0.29, 0.717) is 11.9 Å². The number of likely N-dealkylation sites (N-methyl/N-ethyl adjacent to an activating group) is 1. The van der Waals surface area contributed by atoms with Crippen LogP contribution in [-0.2, 0) is 0 Å². The fraction of sp³-hybridized carbons (Fsp3) is 0.500. The van der Waals surface area contributed by atoms with Crippen LogP contribution in [-0.4, -0.2) is 53.1 Å². The van der Waals surface area contributed by atoms with E-state index < -0.39 is 0 Å². The van der Waals surface area contributed by atoms with E-state index in [1.54, 1.807) is 11.8 Å². The second kappa shape index (κ2) is 9.94. The smallest absolute Gasteiger partial charge is 0.230 e. The fourth-order valence-corrected chi connectivity index (χ4v) is 4.06. The fourth-order valence-electron chi connectivity index (χ4n) is 2.86. The lowest BCUT2D eigenvalue weighted by Gasteiger charge is -2.32. The molecule has 0 bridgehead atoms. The summed E-state index contributed by atoms with van der Waals surface area (Å²) < 4.78 is 0. The number of rotatable bonds is 6. The van der Waals surface area contributed by atoms with Gasteiger partial charge in [-0.05, 0) is 25.6 Å². The van der Waals surface area contributed by atoms with E-state index in [0.717, 1.165) is 44.8 Å². The average Bonchev–Trinajstić information content (AvgIpc) is 2.62. The minimum Gasteiger partial charge on any atom is -0.368 e. The highest BCUT2D eigenvalue weighted by Crippen LogP contribution is 2.37. The third kappa shape index (κ3) is 5.46. The van der Waals surface area contributed by atoms with Crippen LogP contribution in [0.1, 0.15) is 30.8 Å². The second-order valence-electron chi connectivity index (χ2n) is 6.35. The van der Waals surface area contributed by atoms with Crippen LogP contribution in [0.5, 0.6) is 0 Å². The molecule has 1 aliphatic rings. The molecule has 1 saturated heterocycles. The monoisotopic (exact) mass is 394 g/mol. The molecule has 1 fully saturated rings. The summed E-state index contributed by atoms with van der Waals surface area (Å²) >= 11 is 1.80. The maximum atomic E-state index is 6.01. The molecule has 26 heavy (non-hydrogen) atoms. The SMILES string of the molecule is CCCC(Sc1ccccc1)c1nc(N)nc(N2CCN(C)CC2)n1.Cl. The van der Waals surface area contributed by atoms with Crippen LogP contribution in [0.15, 0.2) is 35.2 Å². The van der Waals surface area contributed by atoms with Crippen LogP contribution >= 0.6 is 24.2 Å². The van der Waals surface area contributed by atoms with E-state index in [1.807, 2.05) is 6.07 Å². The highest BCUT2D eigenvalue weighted by molar-refractivity contribution is 7.99. The largest absolute Gasteiger partial charge is 0.368 e. The first kappa shape index (κ1) is 20.7. The number of nitrogen functional groups attached to an aromatic ring is 1. The number of nitrogens with two attached hydrogens (primary N) is 1. The highest BCUT2D eigenvalue weighted by atomic mass is 35.5. The van der Waals surface area contributed by atoms with E-state index in [4.69, 9.17) is 10.7 Å². The normalized spacial score (nSPS) is 16.2. The number of thioether (sulfide) groups is 1. The van der Waals surface area contributed by atoms with Gasteiger partial charge in [0.1, 0.15) is 5.82 Å². The molecule has 1 aromatic heterocycles. The van der Waals surface area contributed by atoms with Gasteiger partial charge in [0.15, 0.2) is 0 Å². The molecule has 2 heterocycles. The van der Waals surface area contributed by atoms with Crippen LogP contribution in [0.3, 0.4) is 0 Å². The number of hydrogen-bond donors (Lipinski definition) is 1. The zero-order chi connectivity index (χ0) is 17.6. The molecule has 142 valence electrons. The number of nitrogens with zero attached hydrogens (tertiary/aromatic N) is 5. The van der Waals surface area contributed by atoms with Crippen LogP contribution in [0.2, 0.25) is 0 Å². The van der Waals surface area contributed by atoms with Gasteiger partial charge in [0.25, 0.3) is 0 Å². The van der Waals surface area contributed by atoms with E-state index >= 15 is 0 Å². The number of aromatic nitrogens is 3. The molecular weight excluding hydrogens is 368 g/mol. The molecule has 6 nitrogen and oxygen atoms in total. The third-order valence-corrected chi connectivity index (χ3v) is 5.58. The summed E-state index contributed by atoms with van der Waals surface area (Å²) in [5, 5.41) is 0.184. The molecule has 8 heteroatoms. The molecule has 1 unspecified atom stereocenters. The van der Waals surface area contributed by atoms with Gasteiger partial charge in [0.05, 0.1) is 5.25 Å². The summed E-state index contributed by atoms with van der Waals surface area (Å²) in [5.74, 6) is 1.82. The topological polar surface area (TPSA) is 71.2 Å². The van der Waals surface area contributed by atoms with Gasteiger partial charge in [-0.1, -0.05) is 31.5 Å². The first-order valence-corrected chi connectivity index (χ1v) is 9.70. The third-order valence-electron chi connectivity index (χ3n) is 4.30. The number of piperazine rings is 1. The van der Waals surface area contributed by atoms with Crippen molar-refractivity contribution in [2.24, 2.45) is 0 Å². The van der Waals surface area contributed by atoms with Crippen molar-refractivity contribution in [1.29, 1.82) is 0 Å². The van der Waals surface area contributed by atoms with E-state index in [2.05, 4.69) is 58.0 Å². The second-order valence-corrected chi connectivity index (χ2v) is 7.63. The van der Waals surface area contributed by atoms with E-state index in [1.165, 1.54) is 4.90 Å². The van der Waals surface area contributed by atoms with Gasteiger partial charge in [-0.3, -0.25) is 0 Å². The van der Waals surface area contributed by atoms with Crippen molar-refractivity contribution in [2.75, 3.05) is 43.9 Å². The van der Waals surface area contributed by atoms with Gasteiger partial charge in [-0.15, -0.1) is 24.2 Å². The Bertz CT molecular complexity index is 679. The predicted molar refractivity (Wildman–Crippen MR) is 111 cm³/mol. The molecule has 0 amide bonds. The molecule has 1 aliphatic heterocycles. The Morgan fingerprint density at radius 1 is 1.08 bits per heavy atom. The van der Waals surface area contributed by atoms with E-state index in [-0.39, 0.29) is 17.7 Å². The zero-order valence-electron chi connectivity index (χ0n) is 15.3. The molecule has 0 aliphatic carbocycles. The first-order valence-electron chi connectivity index (χ1n) is 8.82. The number of hydrogen-bond acceptors (Lipinski definition) is 7. The van der Waals surface area contributed by atoms with Crippen LogP contribution in [0.25, 0.3) is 0 Å². The minimum atomic E-state index is 0. The standard InChI is InChI=1S/C18H26N6S.ClH/c1-3-7-15(25-14-8-5-4-6-9-14)16-20-17(19)22-18(21-16)24-12-10-23(2)11-13-24;/h4-6,8-9,15H,3,7,10-13H2,1-2H3,(H2,19,20,21,22);1H. The van der Waals surface area contributed by atoms with Gasteiger partial charge in [-0.25, -0.2) is 0 Å². The van der Waals surface area contributed by atoms with Crippen molar-refractivity contribution in [3.8, 4) is 0 Å². The van der Waals surface area contributed by atoms with Crippen molar-refractivity contribution in [2.45, 2.75) is 29.9 Å². The van der Waals surface area contributed by atoms with Crippen molar-refractivity contribution < 1.29 is 0 Å². The van der Waals surface area contributed by atoms with Gasteiger partial charge >= 0.3 is 0 Å². The molecule has 2 N–H and O–H groups in total. The lowest BCUT2D eigenvalue weighted by Crippen LogP contribution is -2.45. The Morgan fingerprint density at radius 2 is 1.77 bits per heavy atom. The first-order chi connectivity index (χ1) is 12.2. The Labute approximate surface area is 166 Å². The summed E-state index contributed by atoms with van der Waals surface area (Å²) in [7, 11) is 2.14. The Kier molecular flexibility index (Phi) is 7.93. The van der Waals surface area contributed by atoms with Gasteiger partial charge < -0.3 is 15.5 Å². The van der Waals surface area contributed by atoms with Crippen LogP contribution in [0, 0.1) is 0 Å². The summed E-state index contributed by atoms with van der Waals surface area (Å²) in [6.45, 7) is 6.05. The maximum Gasteiger partial charge on any atom is 0.230 e. The maximum absolute atomic E-state index is 6.01. The molecule has 2 aromatic rings. The summed E-state index contributed by atoms with van der Waals surface area (Å²) in [6.07, 6.45) is 2.07. The van der Waals surface area contributed by atoms with Crippen LogP contribution < -0.4 is 10.6 Å². The number of anilines is 2. The van der Waals surface area contributed by atoms with Crippen molar-refractivity contribution in [1.82, 2.24) is 19.9 Å². The average molecular weight is 395 g/mol. The quantitative estimate of drug-likeness (QED) is 0.754. The summed E-state index contributed by atoms with van der Waals surface area (Å²) in [5.41, 5.74) is 6.01. The Balaban J connectivity index is 0.00000243. The summed E-state index contributed by atoms with van der Waals surface area (Å²) in [4.78, 5) is 19.4. The van der Waals surface area contributed by atoms with Gasteiger partial charge in [-0.2, -0.15) is 15.0 Å². The molecule has 0 radical (unpaired) electrons. The Hall–Kier alpha value is -1.57. The molecule has 0 spiro atoms. The number of halogens is 1. The Morgan fingerprint density at radius 3 is 2.42 bits per heavy atom. The minimum absolute atomic E-state index is 0. The molecule has 1 atom stereocenters.